The maximum atomic E-state index is 6.06. The van der Waals surface area contributed by atoms with Gasteiger partial charge < -0.3 is 20.1 Å². The molecule has 0 bridgehead atoms. The molecule has 154 valence electrons. The summed E-state index contributed by atoms with van der Waals surface area (Å²) < 4.78 is 11.7. The zero-order valence-corrected chi connectivity index (χ0v) is 17.3. The van der Waals surface area contributed by atoms with Gasteiger partial charge in [0.05, 0.1) is 18.3 Å². The molecule has 9 heteroatoms. The van der Waals surface area contributed by atoms with Crippen molar-refractivity contribution in [1.29, 1.82) is 0 Å². The number of rotatable bonds is 5. The molecule has 4 heterocycles. The van der Waals surface area contributed by atoms with E-state index in [4.69, 9.17) is 9.47 Å². The Morgan fingerprint density at radius 1 is 1.19 bits per heavy atom. The molecule has 3 aliphatic rings. The molecule has 27 heavy (non-hydrogen) atoms. The van der Waals surface area contributed by atoms with E-state index in [1.807, 2.05) is 12.4 Å². The summed E-state index contributed by atoms with van der Waals surface area (Å²) in [5.41, 5.74) is 1.24. The Balaban J connectivity index is 0.00000131. The van der Waals surface area contributed by atoms with Gasteiger partial charge in [-0.2, -0.15) is 0 Å². The van der Waals surface area contributed by atoms with Crippen molar-refractivity contribution < 1.29 is 9.47 Å². The number of nitrogens with zero attached hydrogens (tertiary/aromatic N) is 3. The van der Waals surface area contributed by atoms with Crippen LogP contribution in [0.15, 0.2) is 12.4 Å². The third-order valence-electron chi connectivity index (χ3n) is 5.52. The molecule has 0 aliphatic carbocycles. The molecule has 1 atom stereocenters. The molecule has 1 unspecified atom stereocenters. The Labute approximate surface area is 173 Å². The fourth-order valence-electron chi connectivity index (χ4n) is 3.94. The number of anilines is 1. The van der Waals surface area contributed by atoms with Crippen LogP contribution in [0.1, 0.15) is 31.2 Å². The largest absolute Gasteiger partial charge is 0.376 e. The molecule has 3 fully saturated rings. The molecule has 1 aromatic rings. The molecular weight excluding hydrogens is 389 g/mol. The molecule has 4 rings (SSSR count). The number of piperidine rings is 1. The molecule has 0 radical (unpaired) electrons. The van der Waals surface area contributed by atoms with E-state index in [2.05, 4.69) is 25.5 Å². The third kappa shape index (κ3) is 6.14. The average Bonchev–Trinajstić information content (AvgIpc) is 3.18. The van der Waals surface area contributed by atoms with Gasteiger partial charge in [0.15, 0.2) is 0 Å². The smallest absolute Gasteiger partial charge is 0.222 e. The lowest BCUT2D eigenvalue weighted by Crippen LogP contribution is -2.55. The Bertz CT molecular complexity index is 541. The summed E-state index contributed by atoms with van der Waals surface area (Å²) in [6, 6.07) is 0. The van der Waals surface area contributed by atoms with Crippen LogP contribution in [0.25, 0.3) is 0 Å². The number of hydrogen-bond donors (Lipinski definition) is 2. The molecule has 7 nitrogen and oxygen atoms in total. The highest BCUT2D eigenvalue weighted by atomic mass is 35.5. The minimum Gasteiger partial charge on any atom is -0.376 e. The van der Waals surface area contributed by atoms with E-state index >= 15 is 0 Å². The van der Waals surface area contributed by atoms with Crippen LogP contribution in [0.2, 0.25) is 0 Å². The first-order chi connectivity index (χ1) is 12.3. The van der Waals surface area contributed by atoms with Crippen LogP contribution in [0.5, 0.6) is 0 Å². The molecule has 1 aromatic heterocycles. The Hall–Kier alpha value is -0.700. The molecule has 3 aliphatic heterocycles. The summed E-state index contributed by atoms with van der Waals surface area (Å²) in [5.74, 6) is 0.693. The summed E-state index contributed by atoms with van der Waals surface area (Å²) >= 11 is 0. The highest BCUT2D eigenvalue weighted by molar-refractivity contribution is 5.85. The normalized spacial score (nSPS) is 24.8. The van der Waals surface area contributed by atoms with Crippen molar-refractivity contribution in [3.63, 3.8) is 0 Å². The van der Waals surface area contributed by atoms with Gasteiger partial charge in [0, 0.05) is 63.8 Å². The average molecular weight is 420 g/mol. The monoisotopic (exact) mass is 419 g/mol. The van der Waals surface area contributed by atoms with E-state index < -0.39 is 0 Å². The van der Waals surface area contributed by atoms with Gasteiger partial charge in [-0.1, -0.05) is 0 Å². The SMILES string of the molecule is Cl.Cl.c1nc(NCC2CCCO2)ncc1CN1CCC2(CC1)CNCCO2. The summed E-state index contributed by atoms with van der Waals surface area (Å²) in [7, 11) is 0. The number of ether oxygens (including phenoxy) is 2. The lowest BCUT2D eigenvalue weighted by Gasteiger charge is -2.44. The highest BCUT2D eigenvalue weighted by Gasteiger charge is 2.36. The van der Waals surface area contributed by atoms with Gasteiger partial charge in [-0.15, -0.1) is 24.8 Å². The lowest BCUT2D eigenvalue weighted by molar-refractivity contribution is -0.100. The maximum absolute atomic E-state index is 6.06. The van der Waals surface area contributed by atoms with Crippen LogP contribution in [0.3, 0.4) is 0 Å². The van der Waals surface area contributed by atoms with Gasteiger partial charge in [-0.25, -0.2) is 9.97 Å². The van der Waals surface area contributed by atoms with Gasteiger partial charge >= 0.3 is 0 Å². The van der Waals surface area contributed by atoms with E-state index in [-0.39, 0.29) is 30.4 Å². The third-order valence-corrected chi connectivity index (χ3v) is 5.52. The fourth-order valence-corrected chi connectivity index (χ4v) is 3.94. The first-order valence-corrected chi connectivity index (χ1v) is 9.55. The number of halogens is 2. The van der Waals surface area contributed by atoms with Crippen LogP contribution in [0, 0.1) is 0 Å². The molecule has 0 saturated carbocycles. The van der Waals surface area contributed by atoms with Gasteiger partial charge in [-0.05, 0) is 25.7 Å². The van der Waals surface area contributed by atoms with E-state index in [1.165, 1.54) is 5.56 Å². The Morgan fingerprint density at radius 3 is 2.59 bits per heavy atom. The van der Waals surface area contributed by atoms with Gasteiger partial charge in [0.2, 0.25) is 5.95 Å². The zero-order valence-electron chi connectivity index (χ0n) is 15.7. The second kappa shape index (κ2) is 10.7. The van der Waals surface area contributed by atoms with E-state index in [0.717, 1.165) is 78.2 Å². The van der Waals surface area contributed by atoms with Crippen molar-refractivity contribution in [3.05, 3.63) is 18.0 Å². The van der Waals surface area contributed by atoms with Crippen molar-refractivity contribution in [2.75, 3.05) is 51.3 Å². The van der Waals surface area contributed by atoms with Crippen molar-refractivity contribution in [3.8, 4) is 0 Å². The first-order valence-electron chi connectivity index (χ1n) is 9.55. The van der Waals surface area contributed by atoms with Crippen molar-refractivity contribution in [2.45, 2.75) is 43.9 Å². The summed E-state index contributed by atoms with van der Waals surface area (Å²) in [4.78, 5) is 11.4. The first kappa shape index (κ1) is 22.6. The van der Waals surface area contributed by atoms with Crippen LogP contribution >= 0.6 is 24.8 Å². The van der Waals surface area contributed by atoms with Crippen LogP contribution in [-0.4, -0.2) is 72.5 Å². The van der Waals surface area contributed by atoms with Gasteiger partial charge in [0.1, 0.15) is 0 Å². The summed E-state index contributed by atoms with van der Waals surface area (Å²) in [6.07, 6.45) is 8.66. The number of aromatic nitrogens is 2. The van der Waals surface area contributed by atoms with Gasteiger partial charge in [-0.3, -0.25) is 4.90 Å². The predicted octanol–water partition coefficient (Wildman–Crippen LogP) is 1.87. The Kier molecular flexibility index (Phi) is 8.98. The molecule has 0 aromatic carbocycles. The second-order valence-electron chi connectivity index (χ2n) is 7.42. The zero-order chi connectivity index (χ0) is 17.0. The van der Waals surface area contributed by atoms with Crippen molar-refractivity contribution >= 4 is 30.8 Å². The van der Waals surface area contributed by atoms with Crippen LogP contribution in [-0.2, 0) is 16.0 Å². The molecular formula is C18H31Cl2N5O2. The van der Waals surface area contributed by atoms with Crippen molar-refractivity contribution in [1.82, 2.24) is 20.2 Å². The van der Waals surface area contributed by atoms with E-state index in [9.17, 15) is 0 Å². The minimum absolute atomic E-state index is 0. The second-order valence-corrected chi connectivity index (χ2v) is 7.42. The topological polar surface area (TPSA) is 71.5 Å². The van der Waals surface area contributed by atoms with Crippen LogP contribution < -0.4 is 10.6 Å². The number of morpholine rings is 1. The Morgan fingerprint density at radius 2 is 1.96 bits per heavy atom. The number of nitrogens with one attached hydrogen (secondary N) is 2. The highest BCUT2D eigenvalue weighted by Crippen LogP contribution is 2.28. The molecule has 2 N–H and O–H groups in total. The van der Waals surface area contributed by atoms with E-state index in [0.29, 0.717) is 12.1 Å². The molecule has 0 amide bonds. The molecule has 3 saturated heterocycles. The van der Waals surface area contributed by atoms with Crippen molar-refractivity contribution in [2.24, 2.45) is 0 Å². The van der Waals surface area contributed by atoms with Crippen LogP contribution in [0.4, 0.5) is 5.95 Å². The number of likely N-dealkylation sites (tertiary alicyclic amines) is 1. The fraction of sp³-hybridized carbons (Fsp3) is 0.778. The standard InChI is InChI=1S/C18H29N5O2.2ClH/c1-2-16(24-8-1)12-22-17-20-10-15(11-21-17)13-23-6-3-18(4-7-23)14-19-5-9-25-18;;/h10-11,16,19H,1-9,12-14H2,(H,20,21,22);2*1H. The maximum Gasteiger partial charge on any atom is 0.222 e. The quantitative estimate of drug-likeness (QED) is 0.754. The van der Waals surface area contributed by atoms with E-state index in [1.54, 1.807) is 0 Å². The predicted molar refractivity (Wildman–Crippen MR) is 110 cm³/mol. The summed E-state index contributed by atoms with van der Waals surface area (Å²) in [5, 5.41) is 6.74. The lowest BCUT2D eigenvalue weighted by atomic mass is 9.90. The number of hydrogen-bond acceptors (Lipinski definition) is 7. The molecule has 1 spiro atoms. The summed E-state index contributed by atoms with van der Waals surface area (Å²) in [6.45, 7) is 7.54. The minimum atomic E-state index is 0. The van der Waals surface area contributed by atoms with Gasteiger partial charge in [0.25, 0.3) is 0 Å².